The first kappa shape index (κ1) is 18.2. The van der Waals surface area contributed by atoms with Gasteiger partial charge in [-0.25, -0.2) is 9.97 Å². The Morgan fingerprint density at radius 3 is 2.37 bits per heavy atom. The summed E-state index contributed by atoms with van der Waals surface area (Å²) < 4.78 is 10.6. The van der Waals surface area contributed by atoms with Crippen LogP contribution in [0.2, 0.25) is 0 Å². The van der Waals surface area contributed by atoms with Crippen molar-refractivity contribution >= 4 is 23.2 Å². The number of hydrogen-bond donors (Lipinski definition) is 2. The van der Waals surface area contributed by atoms with Crippen LogP contribution in [0.15, 0.2) is 54.7 Å². The molecule has 2 N–H and O–H groups in total. The molecular formula is C20H20N4O3. The van der Waals surface area contributed by atoms with Gasteiger partial charge in [0.25, 0.3) is 0 Å². The number of aromatic nitrogens is 2. The van der Waals surface area contributed by atoms with Crippen molar-refractivity contribution in [3.8, 4) is 22.8 Å². The van der Waals surface area contributed by atoms with Crippen molar-refractivity contribution in [1.82, 2.24) is 9.97 Å². The van der Waals surface area contributed by atoms with Crippen LogP contribution >= 0.6 is 0 Å². The minimum absolute atomic E-state index is 0.121. The first-order valence-corrected chi connectivity index (χ1v) is 8.28. The van der Waals surface area contributed by atoms with E-state index in [1.807, 2.05) is 42.5 Å². The maximum absolute atomic E-state index is 11.3. The number of hydrogen-bond acceptors (Lipinski definition) is 6. The highest BCUT2D eigenvalue weighted by Crippen LogP contribution is 2.28. The van der Waals surface area contributed by atoms with Gasteiger partial charge in [-0.05, 0) is 18.2 Å². The molecule has 0 aliphatic heterocycles. The lowest BCUT2D eigenvalue weighted by Crippen LogP contribution is -2.05. The minimum atomic E-state index is -0.121. The molecule has 0 aliphatic carbocycles. The zero-order valence-corrected chi connectivity index (χ0v) is 15.3. The lowest BCUT2D eigenvalue weighted by atomic mass is 10.1. The SMILES string of the molecule is COc1cc(Nc2nccc(-c3cccc(NC(C)=O)c3)n2)cc(OC)c1. The van der Waals surface area contributed by atoms with E-state index < -0.39 is 0 Å². The molecule has 0 radical (unpaired) electrons. The predicted molar refractivity (Wildman–Crippen MR) is 105 cm³/mol. The number of carbonyl (C=O) groups excluding carboxylic acids is 1. The fourth-order valence-electron chi connectivity index (χ4n) is 2.55. The summed E-state index contributed by atoms with van der Waals surface area (Å²) in [6.07, 6.45) is 1.67. The molecule has 0 bridgehead atoms. The maximum Gasteiger partial charge on any atom is 0.227 e. The first-order valence-electron chi connectivity index (χ1n) is 8.28. The second-order valence-electron chi connectivity index (χ2n) is 5.75. The number of benzene rings is 2. The molecule has 27 heavy (non-hydrogen) atoms. The number of methoxy groups -OCH3 is 2. The van der Waals surface area contributed by atoms with Crippen LogP contribution < -0.4 is 20.1 Å². The molecular weight excluding hydrogens is 344 g/mol. The van der Waals surface area contributed by atoms with Gasteiger partial charge < -0.3 is 20.1 Å². The quantitative estimate of drug-likeness (QED) is 0.691. The number of amides is 1. The van der Waals surface area contributed by atoms with E-state index in [4.69, 9.17) is 9.47 Å². The van der Waals surface area contributed by atoms with Crippen LogP contribution in [0, 0.1) is 0 Å². The van der Waals surface area contributed by atoms with Gasteiger partial charge >= 0.3 is 0 Å². The lowest BCUT2D eigenvalue weighted by molar-refractivity contribution is -0.114. The van der Waals surface area contributed by atoms with Gasteiger partial charge in [0.15, 0.2) is 0 Å². The molecule has 7 nitrogen and oxygen atoms in total. The zero-order valence-electron chi connectivity index (χ0n) is 15.3. The predicted octanol–water partition coefficient (Wildman–Crippen LogP) is 3.86. The van der Waals surface area contributed by atoms with Gasteiger partial charge in [-0.1, -0.05) is 12.1 Å². The molecule has 7 heteroatoms. The Morgan fingerprint density at radius 1 is 0.963 bits per heavy atom. The van der Waals surface area contributed by atoms with Crippen molar-refractivity contribution in [2.24, 2.45) is 0 Å². The van der Waals surface area contributed by atoms with Crippen LogP contribution in [-0.4, -0.2) is 30.1 Å². The van der Waals surface area contributed by atoms with Gasteiger partial charge in [0.1, 0.15) is 11.5 Å². The van der Waals surface area contributed by atoms with Crippen LogP contribution in [0.1, 0.15) is 6.92 Å². The summed E-state index contributed by atoms with van der Waals surface area (Å²) in [6.45, 7) is 1.47. The Kier molecular flexibility index (Phi) is 5.51. The van der Waals surface area contributed by atoms with Gasteiger partial charge in [0.05, 0.1) is 19.9 Å². The summed E-state index contributed by atoms with van der Waals surface area (Å²) in [5.74, 6) is 1.64. The number of nitrogens with one attached hydrogen (secondary N) is 2. The lowest BCUT2D eigenvalue weighted by Gasteiger charge is -2.11. The number of nitrogens with zero attached hydrogens (tertiary/aromatic N) is 2. The third kappa shape index (κ3) is 4.72. The van der Waals surface area contributed by atoms with Gasteiger partial charge in [0, 0.05) is 48.3 Å². The maximum atomic E-state index is 11.3. The normalized spacial score (nSPS) is 10.2. The Labute approximate surface area is 157 Å². The van der Waals surface area contributed by atoms with E-state index in [0.717, 1.165) is 16.9 Å². The number of anilines is 3. The number of carbonyl (C=O) groups is 1. The molecule has 1 aromatic heterocycles. The van der Waals surface area contributed by atoms with Crippen LogP contribution in [0.3, 0.4) is 0 Å². The topological polar surface area (TPSA) is 85.4 Å². The minimum Gasteiger partial charge on any atom is -0.497 e. The Hall–Kier alpha value is -3.61. The van der Waals surface area contributed by atoms with E-state index in [0.29, 0.717) is 23.1 Å². The van der Waals surface area contributed by atoms with Crippen LogP contribution in [0.4, 0.5) is 17.3 Å². The summed E-state index contributed by atoms with van der Waals surface area (Å²) in [5, 5.41) is 5.93. The molecule has 0 fully saturated rings. The molecule has 1 heterocycles. The van der Waals surface area contributed by atoms with Crippen LogP contribution in [-0.2, 0) is 4.79 Å². The second kappa shape index (κ2) is 8.18. The van der Waals surface area contributed by atoms with Crippen molar-refractivity contribution < 1.29 is 14.3 Å². The van der Waals surface area contributed by atoms with E-state index in [9.17, 15) is 4.79 Å². The molecule has 2 aromatic carbocycles. The average Bonchev–Trinajstić information content (AvgIpc) is 2.67. The summed E-state index contributed by atoms with van der Waals surface area (Å²) in [4.78, 5) is 20.1. The average molecular weight is 364 g/mol. The monoisotopic (exact) mass is 364 g/mol. The molecule has 0 saturated heterocycles. The van der Waals surface area contributed by atoms with Gasteiger partial charge in [-0.3, -0.25) is 4.79 Å². The highest BCUT2D eigenvalue weighted by atomic mass is 16.5. The van der Waals surface area contributed by atoms with Gasteiger partial charge in [-0.15, -0.1) is 0 Å². The van der Waals surface area contributed by atoms with Crippen LogP contribution in [0.5, 0.6) is 11.5 Å². The highest BCUT2D eigenvalue weighted by molar-refractivity contribution is 5.89. The molecule has 0 aliphatic rings. The van der Waals surface area contributed by atoms with Crippen molar-refractivity contribution in [1.29, 1.82) is 0 Å². The third-order valence-corrected chi connectivity index (χ3v) is 3.74. The summed E-state index contributed by atoms with van der Waals surface area (Å²) in [5.41, 5.74) is 3.06. The third-order valence-electron chi connectivity index (χ3n) is 3.74. The summed E-state index contributed by atoms with van der Waals surface area (Å²) in [6, 6.07) is 14.7. The zero-order chi connectivity index (χ0) is 19.2. The molecule has 0 saturated carbocycles. The second-order valence-corrected chi connectivity index (χ2v) is 5.75. The van der Waals surface area contributed by atoms with Crippen LogP contribution in [0.25, 0.3) is 11.3 Å². The largest absolute Gasteiger partial charge is 0.497 e. The molecule has 138 valence electrons. The van der Waals surface area contributed by atoms with Crippen molar-refractivity contribution in [3.63, 3.8) is 0 Å². The van der Waals surface area contributed by atoms with E-state index in [1.54, 1.807) is 26.5 Å². The highest BCUT2D eigenvalue weighted by Gasteiger charge is 2.07. The molecule has 3 rings (SSSR count). The summed E-state index contributed by atoms with van der Waals surface area (Å²) >= 11 is 0. The van der Waals surface area contributed by atoms with Crippen molar-refractivity contribution in [2.45, 2.75) is 6.92 Å². The standard InChI is InChI=1S/C20H20N4O3/c1-13(25)22-15-6-4-5-14(9-15)19-7-8-21-20(24-19)23-16-10-17(26-2)12-18(11-16)27-3/h4-12H,1-3H3,(H,22,25)(H,21,23,24). The fourth-order valence-corrected chi connectivity index (χ4v) is 2.55. The van der Waals surface area contributed by atoms with Gasteiger partial charge in [-0.2, -0.15) is 0 Å². The molecule has 1 amide bonds. The first-order chi connectivity index (χ1) is 13.1. The molecule has 0 atom stereocenters. The summed E-state index contributed by atoms with van der Waals surface area (Å²) in [7, 11) is 3.19. The smallest absolute Gasteiger partial charge is 0.227 e. The Balaban J connectivity index is 1.87. The van der Waals surface area contributed by atoms with Crippen molar-refractivity contribution in [3.05, 3.63) is 54.7 Å². The number of ether oxygens (including phenoxy) is 2. The van der Waals surface area contributed by atoms with Crippen molar-refractivity contribution in [2.75, 3.05) is 24.9 Å². The van der Waals surface area contributed by atoms with E-state index in [1.165, 1.54) is 6.92 Å². The van der Waals surface area contributed by atoms with E-state index >= 15 is 0 Å². The van der Waals surface area contributed by atoms with E-state index in [-0.39, 0.29) is 5.91 Å². The fraction of sp³-hybridized carbons (Fsp3) is 0.150. The van der Waals surface area contributed by atoms with E-state index in [2.05, 4.69) is 20.6 Å². The molecule has 3 aromatic rings. The Bertz CT molecular complexity index is 937. The van der Waals surface area contributed by atoms with Gasteiger partial charge in [0.2, 0.25) is 11.9 Å². The Morgan fingerprint density at radius 2 is 1.70 bits per heavy atom. The molecule has 0 spiro atoms. The number of rotatable bonds is 6. The molecule has 0 unspecified atom stereocenters.